The van der Waals surface area contributed by atoms with Gasteiger partial charge in [0.2, 0.25) is 5.91 Å². The summed E-state index contributed by atoms with van der Waals surface area (Å²) in [4.78, 5) is 24.7. The third kappa shape index (κ3) is 75.4. The second-order valence-corrected chi connectivity index (χ2v) is 28.8. The fourth-order valence-electron chi connectivity index (χ4n) is 13.4. The van der Waals surface area contributed by atoms with E-state index >= 15 is 0 Å². The van der Waals surface area contributed by atoms with Gasteiger partial charge in [-0.25, -0.2) is 0 Å². The van der Waals surface area contributed by atoms with Crippen LogP contribution >= 0.6 is 0 Å². The second kappa shape index (κ2) is 79.8. The van der Waals surface area contributed by atoms with Crippen molar-refractivity contribution in [3.63, 3.8) is 0 Å². The van der Waals surface area contributed by atoms with Crippen LogP contribution in [0.15, 0.2) is 24.3 Å². The average molecular weight is 1270 g/mol. The molecular formula is C84H163NO5. The van der Waals surface area contributed by atoms with Gasteiger partial charge in [0.15, 0.2) is 0 Å². The van der Waals surface area contributed by atoms with Crippen LogP contribution in [0.2, 0.25) is 0 Å². The van der Waals surface area contributed by atoms with Crippen LogP contribution in [0.25, 0.3) is 0 Å². The van der Waals surface area contributed by atoms with Crippen LogP contribution < -0.4 is 5.32 Å². The molecule has 90 heavy (non-hydrogen) atoms. The van der Waals surface area contributed by atoms with E-state index in [1.807, 2.05) is 0 Å². The highest BCUT2D eigenvalue weighted by molar-refractivity contribution is 5.76. The normalized spacial score (nSPS) is 12.5. The molecule has 0 aromatic rings. The van der Waals surface area contributed by atoms with Crippen molar-refractivity contribution in [2.24, 2.45) is 0 Å². The number of carbonyl (C=O) groups excluding carboxylic acids is 2. The first-order valence-electron chi connectivity index (χ1n) is 41.6. The highest BCUT2D eigenvalue weighted by Crippen LogP contribution is 2.21. The van der Waals surface area contributed by atoms with E-state index in [-0.39, 0.29) is 18.5 Å². The summed E-state index contributed by atoms with van der Waals surface area (Å²) >= 11 is 0. The lowest BCUT2D eigenvalue weighted by atomic mass is 10.0. The molecule has 0 aromatic heterocycles. The summed E-state index contributed by atoms with van der Waals surface area (Å²) in [5.41, 5.74) is 0. The first kappa shape index (κ1) is 88.3. The first-order valence-corrected chi connectivity index (χ1v) is 41.6. The number of hydrogen-bond acceptors (Lipinski definition) is 5. The lowest BCUT2D eigenvalue weighted by Crippen LogP contribution is -2.45. The molecule has 2 unspecified atom stereocenters. The molecule has 1 amide bonds. The van der Waals surface area contributed by atoms with E-state index in [9.17, 15) is 19.8 Å². The SMILES string of the molecule is CCCCCC/C=C\C/C=C\CCCCCCCC(=O)OCCCCCCCCCCCCCCCCCCCCCCCCCCCCCCCCCCCCCC(=O)NC(CO)C(O)CCCCCCCCCCCCCCCCCCCCCCCC. The number of aliphatic hydroxyl groups excluding tert-OH is 2. The molecule has 0 heterocycles. The number of amides is 1. The summed E-state index contributed by atoms with van der Waals surface area (Å²) in [5.74, 6) is -0.0138. The number of allylic oxidation sites excluding steroid dienone is 4. The van der Waals surface area contributed by atoms with Crippen molar-refractivity contribution in [3.8, 4) is 0 Å². The third-order valence-corrected chi connectivity index (χ3v) is 19.8. The van der Waals surface area contributed by atoms with Gasteiger partial charge in [-0.1, -0.05) is 430 Å². The minimum Gasteiger partial charge on any atom is -0.466 e. The number of nitrogens with one attached hydrogen (secondary N) is 1. The van der Waals surface area contributed by atoms with Crippen LogP contribution in [0.3, 0.4) is 0 Å². The summed E-state index contributed by atoms with van der Waals surface area (Å²) < 4.78 is 5.50. The summed E-state index contributed by atoms with van der Waals surface area (Å²) in [5, 5.41) is 23.5. The average Bonchev–Trinajstić information content (AvgIpc) is 3.60. The minimum absolute atomic E-state index is 0.0101. The molecule has 0 rings (SSSR count). The highest BCUT2D eigenvalue weighted by atomic mass is 16.5. The maximum absolute atomic E-state index is 12.6. The predicted octanol–water partition coefficient (Wildman–Crippen LogP) is 27.6. The molecule has 6 heteroatoms. The van der Waals surface area contributed by atoms with E-state index in [1.54, 1.807) is 0 Å². The number of rotatable bonds is 79. The van der Waals surface area contributed by atoms with Gasteiger partial charge in [0.05, 0.1) is 25.4 Å². The number of esters is 1. The molecular weight excluding hydrogens is 1100 g/mol. The molecule has 534 valence electrons. The third-order valence-electron chi connectivity index (χ3n) is 19.8. The fraction of sp³-hybridized carbons (Fsp3) is 0.929. The Morgan fingerprint density at radius 3 is 0.856 bits per heavy atom. The van der Waals surface area contributed by atoms with Crippen molar-refractivity contribution >= 4 is 11.9 Å². The molecule has 2 atom stereocenters. The lowest BCUT2D eigenvalue weighted by Gasteiger charge is -2.22. The van der Waals surface area contributed by atoms with Crippen LogP contribution in [-0.2, 0) is 14.3 Å². The van der Waals surface area contributed by atoms with Gasteiger partial charge in [-0.05, 0) is 57.8 Å². The summed E-state index contributed by atoms with van der Waals surface area (Å²) in [6, 6.07) is -0.538. The maximum atomic E-state index is 12.6. The van der Waals surface area contributed by atoms with Crippen LogP contribution in [0, 0.1) is 0 Å². The van der Waals surface area contributed by atoms with E-state index in [1.165, 1.54) is 392 Å². The van der Waals surface area contributed by atoms with Crippen molar-refractivity contribution in [2.75, 3.05) is 13.2 Å². The molecule has 6 nitrogen and oxygen atoms in total. The topological polar surface area (TPSA) is 95.9 Å². The fourth-order valence-corrected chi connectivity index (χ4v) is 13.4. The largest absolute Gasteiger partial charge is 0.466 e. The van der Waals surface area contributed by atoms with Crippen molar-refractivity contribution in [3.05, 3.63) is 24.3 Å². The molecule has 0 fully saturated rings. The van der Waals surface area contributed by atoms with Crippen molar-refractivity contribution in [2.45, 2.75) is 488 Å². The molecule has 0 aliphatic carbocycles. The molecule has 0 bridgehead atoms. The summed E-state index contributed by atoms with van der Waals surface area (Å²) in [6.45, 7) is 4.99. The van der Waals surface area contributed by atoms with Crippen LogP contribution in [0.1, 0.15) is 476 Å². The van der Waals surface area contributed by atoms with E-state index in [0.29, 0.717) is 25.9 Å². The Labute approximate surface area is 564 Å². The van der Waals surface area contributed by atoms with Gasteiger partial charge in [0.1, 0.15) is 0 Å². The van der Waals surface area contributed by atoms with Gasteiger partial charge >= 0.3 is 5.97 Å². The van der Waals surface area contributed by atoms with Crippen LogP contribution in [0.4, 0.5) is 0 Å². The summed E-state index contributed by atoms with van der Waals surface area (Å²) in [6.07, 6.45) is 103. The van der Waals surface area contributed by atoms with Crippen molar-refractivity contribution < 1.29 is 24.5 Å². The standard InChI is InChI=1S/C84H163NO5/c1-3-5-7-9-11-13-15-17-19-21-22-23-39-42-45-48-52-56-60-64-68-72-76-82(87)81(80-86)85-83(88)77-73-69-65-61-57-53-49-46-43-40-37-35-33-31-29-27-25-24-26-28-30-32-34-36-38-41-44-47-51-55-59-63-67-71-75-79-90-84(89)78-74-70-66-62-58-54-50-20-18-16-14-12-10-8-6-4-2/h14,16,20,50,81-82,86-87H,3-13,15,17-19,21-49,51-80H2,1-2H3,(H,85,88)/b16-14-,50-20-. The van der Waals surface area contributed by atoms with Crippen LogP contribution in [0.5, 0.6) is 0 Å². The van der Waals surface area contributed by atoms with Gasteiger partial charge in [0, 0.05) is 12.8 Å². The predicted molar refractivity (Wildman–Crippen MR) is 398 cm³/mol. The minimum atomic E-state index is -0.662. The Hall–Kier alpha value is -1.66. The monoisotopic (exact) mass is 1270 g/mol. The molecule has 0 saturated heterocycles. The molecule has 0 radical (unpaired) electrons. The van der Waals surface area contributed by atoms with E-state index in [4.69, 9.17) is 4.74 Å². The van der Waals surface area contributed by atoms with Crippen LogP contribution in [-0.4, -0.2) is 47.4 Å². The van der Waals surface area contributed by atoms with E-state index < -0.39 is 12.1 Å². The van der Waals surface area contributed by atoms with E-state index in [2.05, 4.69) is 43.5 Å². The number of unbranched alkanes of at least 4 members (excludes halogenated alkanes) is 64. The van der Waals surface area contributed by atoms with Gasteiger partial charge in [-0.3, -0.25) is 9.59 Å². The highest BCUT2D eigenvalue weighted by Gasteiger charge is 2.20. The Balaban J connectivity index is 3.31. The molecule has 0 saturated carbocycles. The summed E-state index contributed by atoms with van der Waals surface area (Å²) in [7, 11) is 0. The Morgan fingerprint density at radius 1 is 0.311 bits per heavy atom. The number of carbonyl (C=O) groups is 2. The number of hydrogen-bond donors (Lipinski definition) is 3. The smallest absolute Gasteiger partial charge is 0.305 e. The molecule has 3 N–H and O–H groups in total. The molecule has 0 aliphatic heterocycles. The van der Waals surface area contributed by atoms with Gasteiger partial charge in [-0.15, -0.1) is 0 Å². The zero-order chi connectivity index (χ0) is 64.9. The second-order valence-electron chi connectivity index (χ2n) is 28.8. The molecule has 0 aliphatic rings. The van der Waals surface area contributed by atoms with Gasteiger partial charge < -0.3 is 20.3 Å². The zero-order valence-corrected chi connectivity index (χ0v) is 61.4. The van der Waals surface area contributed by atoms with Crippen molar-refractivity contribution in [1.82, 2.24) is 5.32 Å². The first-order chi connectivity index (χ1) is 44.5. The Bertz CT molecular complexity index is 1410. The van der Waals surface area contributed by atoms with Gasteiger partial charge in [-0.2, -0.15) is 0 Å². The Morgan fingerprint density at radius 2 is 0.556 bits per heavy atom. The molecule has 0 spiro atoms. The maximum Gasteiger partial charge on any atom is 0.305 e. The zero-order valence-electron chi connectivity index (χ0n) is 61.4. The van der Waals surface area contributed by atoms with Gasteiger partial charge in [0.25, 0.3) is 0 Å². The number of ether oxygens (including phenoxy) is 1. The quantitative estimate of drug-likeness (QED) is 0.0320. The Kier molecular flexibility index (Phi) is 78.3. The van der Waals surface area contributed by atoms with E-state index in [0.717, 1.165) is 51.4 Å². The lowest BCUT2D eigenvalue weighted by molar-refractivity contribution is -0.143. The van der Waals surface area contributed by atoms with Crippen molar-refractivity contribution in [1.29, 1.82) is 0 Å². The number of aliphatic hydroxyl groups is 2. The molecule has 0 aromatic carbocycles.